The summed E-state index contributed by atoms with van der Waals surface area (Å²) in [6, 6.07) is 0. The number of hydrogen-bond donors (Lipinski definition) is 1. The van der Waals surface area contributed by atoms with E-state index < -0.39 is 6.10 Å². The third-order valence-electron chi connectivity index (χ3n) is 3.29. The molecule has 0 aromatic carbocycles. The summed E-state index contributed by atoms with van der Waals surface area (Å²) < 4.78 is 11.2. The Kier molecular flexibility index (Phi) is 3.24. The van der Waals surface area contributed by atoms with E-state index in [4.69, 9.17) is 9.47 Å². The SMILES string of the molecule is C=C(C)OCC1CC2CCC(=C1C(C)O)O2. The largest absolute Gasteiger partial charge is 0.498 e. The van der Waals surface area contributed by atoms with Crippen molar-refractivity contribution in [3.8, 4) is 0 Å². The zero-order valence-electron chi connectivity index (χ0n) is 10.0. The van der Waals surface area contributed by atoms with Gasteiger partial charge >= 0.3 is 0 Å². The highest BCUT2D eigenvalue weighted by Crippen LogP contribution is 2.40. The van der Waals surface area contributed by atoms with Crippen molar-refractivity contribution in [1.29, 1.82) is 0 Å². The Labute approximate surface area is 96.7 Å². The molecule has 2 aliphatic rings. The summed E-state index contributed by atoms with van der Waals surface area (Å²) in [6.45, 7) is 8.00. The van der Waals surface area contributed by atoms with Crippen LogP contribution in [-0.4, -0.2) is 23.9 Å². The average molecular weight is 224 g/mol. The molecule has 2 heterocycles. The van der Waals surface area contributed by atoms with E-state index in [1.165, 1.54) is 0 Å². The van der Waals surface area contributed by atoms with Crippen molar-refractivity contribution in [2.75, 3.05) is 6.61 Å². The Morgan fingerprint density at radius 3 is 3.06 bits per heavy atom. The first-order chi connectivity index (χ1) is 7.58. The number of fused-ring (bicyclic) bond motifs is 2. The summed E-state index contributed by atoms with van der Waals surface area (Å²) in [7, 11) is 0. The lowest BCUT2D eigenvalue weighted by molar-refractivity contribution is 0.0653. The van der Waals surface area contributed by atoms with Crippen molar-refractivity contribution in [2.24, 2.45) is 5.92 Å². The van der Waals surface area contributed by atoms with E-state index in [9.17, 15) is 5.11 Å². The Morgan fingerprint density at radius 2 is 2.44 bits per heavy atom. The number of rotatable bonds is 4. The van der Waals surface area contributed by atoms with Gasteiger partial charge in [-0.25, -0.2) is 0 Å². The molecular formula is C13H20O3. The van der Waals surface area contributed by atoms with Crippen LogP contribution in [0.3, 0.4) is 0 Å². The van der Waals surface area contributed by atoms with Crippen LogP contribution >= 0.6 is 0 Å². The fraction of sp³-hybridized carbons (Fsp3) is 0.692. The quantitative estimate of drug-likeness (QED) is 0.745. The van der Waals surface area contributed by atoms with Crippen LogP contribution in [0.1, 0.15) is 33.1 Å². The van der Waals surface area contributed by atoms with Gasteiger partial charge in [0, 0.05) is 17.9 Å². The normalized spacial score (nSPS) is 29.9. The molecule has 0 radical (unpaired) electrons. The molecule has 0 aliphatic carbocycles. The lowest BCUT2D eigenvalue weighted by atomic mass is 9.89. The first kappa shape index (κ1) is 11.5. The van der Waals surface area contributed by atoms with Gasteiger partial charge in [-0.3, -0.25) is 0 Å². The number of aliphatic hydroxyl groups excluding tert-OH is 1. The van der Waals surface area contributed by atoms with E-state index in [1.54, 1.807) is 6.92 Å². The third kappa shape index (κ3) is 2.24. The van der Waals surface area contributed by atoms with Crippen LogP contribution < -0.4 is 0 Å². The van der Waals surface area contributed by atoms with E-state index in [-0.39, 0.29) is 5.92 Å². The van der Waals surface area contributed by atoms with Gasteiger partial charge in [0.15, 0.2) is 0 Å². The van der Waals surface area contributed by atoms with Crippen LogP contribution in [0.5, 0.6) is 0 Å². The van der Waals surface area contributed by atoms with Gasteiger partial charge in [-0.1, -0.05) is 6.58 Å². The summed E-state index contributed by atoms with van der Waals surface area (Å²) in [5.41, 5.74) is 1.04. The van der Waals surface area contributed by atoms with Crippen LogP contribution in [0, 0.1) is 5.92 Å². The van der Waals surface area contributed by atoms with Crippen LogP contribution in [0.15, 0.2) is 23.7 Å². The first-order valence-corrected chi connectivity index (χ1v) is 5.94. The summed E-state index contributed by atoms with van der Waals surface area (Å²) in [6.07, 6.45) is 2.89. The monoisotopic (exact) mass is 224 g/mol. The Balaban J connectivity index is 2.12. The predicted octanol–water partition coefficient (Wildman–Crippen LogP) is 2.37. The van der Waals surface area contributed by atoms with Crippen LogP contribution in [0.25, 0.3) is 0 Å². The molecular weight excluding hydrogens is 204 g/mol. The third-order valence-corrected chi connectivity index (χ3v) is 3.29. The van der Waals surface area contributed by atoms with Crippen LogP contribution in [-0.2, 0) is 9.47 Å². The molecule has 1 fully saturated rings. The minimum atomic E-state index is -0.437. The molecule has 2 aliphatic heterocycles. The minimum Gasteiger partial charge on any atom is -0.498 e. The van der Waals surface area contributed by atoms with E-state index in [2.05, 4.69) is 6.58 Å². The van der Waals surface area contributed by atoms with Gasteiger partial charge < -0.3 is 14.6 Å². The molecule has 2 rings (SSSR count). The highest BCUT2D eigenvalue weighted by atomic mass is 16.5. The molecule has 0 aromatic heterocycles. The molecule has 0 saturated carbocycles. The molecule has 1 saturated heterocycles. The summed E-state index contributed by atoms with van der Waals surface area (Å²) in [4.78, 5) is 0. The zero-order valence-corrected chi connectivity index (χ0v) is 10.0. The lowest BCUT2D eigenvalue weighted by Crippen LogP contribution is -2.28. The standard InChI is InChI=1S/C13H20O3/c1-8(2)15-7-10-6-11-4-5-12(16-11)13(10)9(3)14/h9-11,14H,1,4-7H2,2-3H3. The summed E-state index contributed by atoms with van der Waals surface area (Å²) in [5.74, 6) is 2.02. The average Bonchev–Trinajstić information content (AvgIpc) is 2.56. The van der Waals surface area contributed by atoms with E-state index in [0.717, 1.165) is 36.4 Å². The van der Waals surface area contributed by atoms with Gasteiger partial charge in [0.05, 0.1) is 30.3 Å². The maximum Gasteiger partial charge on any atom is 0.0993 e. The number of allylic oxidation sites excluding steroid dienone is 2. The van der Waals surface area contributed by atoms with Gasteiger partial charge in [0.1, 0.15) is 0 Å². The highest BCUT2D eigenvalue weighted by molar-refractivity contribution is 5.22. The van der Waals surface area contributed by atoms with Gasteiger partial charge in [0.2, 0.25) is 0 Å². The molecule has 3 unspecified atom stereocenters. The van der Waals surface area contributed by atoms with Crippen molar-refractivity contribution in [2.45, 2.75) is 45.3 Å². The maximum atomic E-state index is 9.82. The van der Waals surface area contributed by atoms with Gasteiger partial charge in [-0.05, 0) is 26.7 Å². The highest BCUT2D eigenvalue weighted by Gasteiger charge is 2.37. The van der Waals surface area contributed by atoms with Gasteiger partial charge in [0.25, 0.3) is 0 Å². The number of ether oxygens (including phenoxy) is 2. The second kappa shape index (κ2) is 4.50. The van der Waals surface area contributed by atoms with Crippen molar-refractivity contribution >= 4 is 0 Å². The Morgan fingerprint density at radius 1 is 1.69 bits per heavy atom. The lowest BCUT2D eigenvalue weighted by Gasteiger charge is -2.30. The molecule has 0 aromatic rings. The number of hydrogen-bond acceptors (Lipinski definition) is 3. The van der Waals surface area contributed by atoms with Crippen LogP contribution in [0.2, 0.25) is 0 Å². The Hall–Kier alpha value is -0.960. The smallest absolute Gasteiger partial charge is 0.0993 e. The number of aliphatic hydroxyl groups is 1. The molecule has 1 N–H and O–H groups in total. The molecule has 3 heteroatoms. The van der Waals surface area contributed by atoms with E-state index >= 15 is 0 Å². The predicted molar refractivity (Wildman–Crippen MR) is 61.7 cm³/mol. The fourth-order valence-electron chi connectivity index (χ4n) is 2.64. The molecule has 90 valence electrons. The topological polar surface area (TPSA) is 38.7 Å². The summed E-state index contributed by atoms with van der Waals surface area (Å²) in [5, 5.41) is 9.82. The zero-order chi connectivity index (χ0) is 11.7. The maximum absolute atomic E-state index is 9.82. The molecule has 3 atom stereocenters. The van der Waals surface area contributed by atoms with Crippen molar-refractivity contribution < 1.29 is 14.6 Å². The van der Waals surface area contributed by atoms with Crippen molar-refractivity contribution in [3.63, 3.8) is 0 Å². The molecule has 2 bridgehead atoms. The molecule has 0 amide bonds. The molecule has 16 heavy (non-hydrogen) atoms. The van der Waals surface area contributed by atoms with E-state index in [0.29, 0.717) is 12.7 Å². The van der Waals surface area contributed by atoms with E-state index in [1.807, 2.05) is 6.92 Å². The molecule has 0 spiro atoms. The minimum absolute atomic E-state index is 0.285. The molecule has 3 nitrogen and oxygen atoms in total. The Bertz CT molecular complexity index is 317. The fourth-order valence-corrected chi connectivity index (χ4v) is 2.64. The second-order valence-electron chi connectivity index (χ2n) is 4.78. The van der Waals surface area contributed by atoms with Crippen LogP contribution in [0.4, 0.5) is 0 Å². The summed E-state index contributed by atoms with van der Waals surface area (Å²) >= 11 is 0. The van der Waals surface area contributed by atoms with Gasteiger partial charge in [-0.15, -0.1) is 0 Å². The van der Waals surface area contributed by atoms with Crippen molar-refractivity contribution in [3.05, 3.63) is 23.7 Å². The van der Waals surface area contributed by atoms with Gasteiger partial charge in [-0.2, -0.15) is 0 Å². The second-order valence-corrected chi connectivity index (χ2v) is 4.78. The van der Waals surface area contributed by atoms with Crippen molar-refractivity contribution in [1.82, 2.24) is 0 Å². The first-order valence-electron chi connectivity index (χ1n) is 5.94.